The minimum atomic E-state index is -4.10. The summed E-state index contributed by atoms with van der Waals surface area (Å²) in [6.45, 7) is 13.6. The maximum absolute atomic E-state index is 12.5. The van der Waals surface area contributed by atoms with Crippen LogP contribution in [0.2, 0.25) is 15.3 Å². The predicted molar refractivity (Wildman–Crippen MR) is 256 cm³/mol. The van der Waals surface area contributed by atoms with E-state index < -0.39 is 26.4 Å². The van der Waals surface area contributed by atoms with Gasteiger partial charge < -0.3 is 39.9 Å². The third-order valence-electron chi connectivity index (χ3n) is 8.64. The number of hydrogen-bond acceptors (Lipinski definition) is 13. The molecule has 4 aromatic rings. The average Bonchev–Trinajstić information content (AvgIpc) is 3.56. The Bertz CT molecular complexity index is 2320. The van der Waals surface area contributed by atoms with Gasteiger partial charge in [-0.3, -0.25) is 24.0 Å². The topological polar surface area (TPSA) is 248 Å². The first-order valence-corrected chi connectivity index (χ1v) is 23.8. The fourth-order valence-corrected chi connectivity index (χ4v) is 7.22. The summed E-state index contributed by atoms with van der Waals surface area (Å²) < 4.78 is 23.6. The van der Waals surface area contributed by atoms with E-state index in [0.717, 1.165) is 54.9 Å². The predicted octanol–water partition coefficient (Wildman–Crippen LogP) is 6.43. The molecule has 0 saturated carbocycles. The van der Waals surface area contributed by atoms with Gasteiger partial charge in [0, 0.05) is 38.7 Å². The van der Waals surface area contributed by atoms with Crippen molar-refractivity contribution in [2.45, 2.75) is 85.9 Å². The van der Waals surface area contributed by atoms with Gasteiger partial charge in [0.2, 0.25) is 23.1 Å². The number of nitrogens with one attached hydrogen (secondary N) is 3. The van der Waals surface area contributed by atoms with Crippen LogP contribution in [-0.4, -0.2) is 114 Å². The molecule has 0 radical (unpaired) electrons. The Labute approximate surface area is 398 Å². The molecule has 5 rings (SSSR count). The van der Waals surface area contributed by atoms with Gasteiger partial charge in [-0.15, -0.1) is 23.1 Å². The second-order valence-corrected chi connectivity index (χ2v) is 17.4. The first-order chi connectivity index (χ1) is 30.7. The Hall–Kier alpha value is -4.48. The zero-order valence-corrected chi connectivity index (χ0v) is 41.2. The van der Waals surface area contributed by atoms with Crippen molar-refractivity contribution < 1.29 is 38.5 Å². The van der Waals surface area contributed by atoms with Gasteiger partial charge in [-0.2, -0.15) is 19.6 Å². The SMILES string of the molecule is C#CCOc1cc(-n2nc3n(c2=O)CCCC3)c(Cl)cc1Cl.CCNc1nc(Cl)nc(NC(C)C)n1.CCc1cccc(C)c1N(C(=O)CCl)C(C)COC.O=C(O)CNCP(=O)(O)O. The summed E-state index contributed by atoms with van der Waals surface area (Å²) in [5, 5.41) is 21.3. The summed E-state index contributed by atoms with van der Waals surface area (Å²) in [6.07, 6.45) is 8.25. The van der Waals surface area contributed by atoms with E-state index in [1.165, 1.54) is 10.7 Å². The highest BCUT2D eigenvalue weighted by molar-refractivity contribution is 7.51. The molecule has 0 saturated heterocycles. The molecule has 358 valence electrons. The molecule has 2 aromatic heterocycles. The molecule has 0 bridgehead atoms. The van der Waals surface area contributed by atoms with Gasteiger partial charge >= 0.3 is 19.3 Å². The van der Waals surface area contributed by atoms with Crippen molar-refractivity contribution in [1.82, 2.24) is 34.6 Å². The number of carboxylic acid groups (broad SMARTS) is 1. The van der Waals surface area contributed by atoms with Gasteiger partial charge in [-0.1, -0.05) is 54.2 Å². The first kappa shape index (κ1) is 56.6. The number of nitrogens with zero attached hydrogens (tertiary/aromatic N) is 7. The highest BCUT2D eigenvalue weighted by atomic mass is 35.5. The second-order valence-electron chi connectivity index (χ2n) is 14.3. The molecule has 24 heteroatoms. The normalized spacial score (nSPS) is 12.1. The third-order valence-corrected chi connectivity index (χ3v) is 10.3. The van der Waals surface area contributed by atoms with E-state index in [4.69, 9.17) is 77.2 Å². The highest BCUT2D eigenvalue weighted by Gasteiger charge is 2.25. The maximum Gasteiger partial charge on any atom is 0.350 e. The molecule has 3 heterocycles. The number of carbonyl (C=O) groups excluding carboxylic acids is 1. The number of para-hydroxylation sites is 1. The number of alkyl halides is 1. The molecule has 65 heavy (non-hydrogen) atoms. The summed E-state index contributed by atoms with van der Waals surface area (Å²) in [6, 6.07) is 9.42. The molecule has 2 aromatic carbocycles. The van der Waals surface area contributed by atoms with E-state index in [1.807, 2.05) is 46.8 Å². The van der Waals surface area contributed by atoms with E-state index in [0.29, 0.717) is 46.5 Å². The fourth-order valence-electron chi connectivity index (χ4n) is 6.01. The van der Waals surface area contributed by atoms with Gasteiger partial charge in [-0.25, -0.2) is 4.79 Å². The van der Waals surface area contributed by atoms with Crippen molar-refractivity contribution in [3.63, 3.8) is 0 Å². The van der Waals surface area contributed by atoms with Crippen LogP contribution in [0.3, 0.4) is 0 Å². The number of carbonyl (C=O) groups is 2. The number of ether oxygens (including phenoxy) is 2. The first-order valence-electron chi connectivity index (χ1n) is 20.3. The van der Waals surface area contributed by atoms with Crippen molar-refractivity contribution in [2.75, 3.05) is 61.1 Å². The summed E-state index contributed by atoms with van der Waals surface area (Å²) in [7, 11) is -2.46. The number of terminal acetylenes is 1. The molecule has 1 amide bonds. The number of aryl methyl sites for hydroxylation is 3. The number of hydrogen-bond donors (Lipinski definition) is 6. The molecule has 19 nitrogen and oxygen atoms in total. The van der Waals surface area contributed by atoms with Crippen LogP contribution in [-0.2, 0) is 38.3 Å². The monoisotopic (exact) mass is 1000 g/mol. The van der Waals surface area contributed by atoms with Crippen LogP contribution in [0, 0.1) is 19.3 Å². The Morgan fingerprint density at radius 1 is 1.06 bits per heavy atom. The smallest absolute Gasteiger partial charge is 0.350 e. The van der Waals surface area contributed by atoms with Crippen molar-refractivity contribution in [3.8, 4) is 23.8 Å². The zero-order valence-electron chi connectivity index (χ0n) is 37.3. The lowest BCUT2D eigenvalue weighted by Crippen LogP contribution is -2.43. The molecule has 6 N–H and O–H groups in total. The Morgan fingerprint density at radius 2 is 1.75 bits per heavy atom. The quantitative estimate of drug-likeness (QED) is 0.0379. The largest absolute Gasteiger partial charge is 0.480 e. The molecule has 1 unspecified atom stereocenters. The molecule has 0 spiro atoms. The Kier molecular flexibility index (Phi) is 24.9. The van der Waals surface area contributed by atoms with Gasteiger partial charge in [0.1, 0.15) is 24.1 Å². The number of halogens is 4. The van der Waals surface area contributed by atoms with Crippen LogP contribution in [0.4, 0.5) is 17.6 Å². The number of aromatic nitrogens is 6. The van der Waals surface area contributed by atoms with E-state index in [-0.39, 0.29) is 41.5 Å². The van der Waals surface area contributed by atoms with Crippen LogP contribution in [0.5, 0.6) is 5.75 Å². The molecule has 1 atom stereocenters. The van der Waals surface area contributed by atoms with Crippen LogP contribution in [0.15, 0.2) is 35.1 Å². The molecule has 0 fully saturated rings. The summed E-state index contributed by atoms with van der Waals surface area (Å²) in [5.41, 5.74) is 3.44. The number of aliphatic carboxylic acids is 1. The molecule has 1 aliphatic rings. The summed E-state index contributed by atoms with van der Waals surface area (Å²) in [5.74, 6) is 3.25. The van der Waals surface area contributed by atoms with Gasteiger partial charge in [0.05, 0.1) is 46.9 Å². The lowest BCUT2D eigenvalue weighted by molar-refractivity contribution is -0.135. The number of methoxy groups -OCH3 is 1. The number of carboxylic acids is 1. The fraction of sp³-hybridized carbons (Fsp3) is 0.488. The van der Waals surface area contributed by atoms with Gasteiger partial charge in [0.25, 0.3) is 0 Å². The number of amides is 1. The molecular formula is C41H57Cl4N10O9P. The second kappa shape index (κ2) is 28.5. The van der Waals surface area contributed by atoms with Gasteiger partial charge in [-0.05, 0) is 82.7 Å². The highest BCUT2D eigenvalue weighted by Crippen LogP contribution is 2.33. The Balaban J connectivity index is 0.000000310. The van der Waals surface area contributed by atoms with E-state index in [1.54, 1.807) is 22.6 Å². The van der Waals surface area contributed by atoms with Crippen molar-refractivity contribution in [3.05, 3.63) is 73.1 Å². The molecular weight excluding hydrogens is 949 g/mol. The lowest BCUT2D eigenvalue weighted by Gasteiger charge is -2.31. The van der Waals surface area contributed by atoms with E-state index in [2.05, 4.69) is 54.9 Å². The van der Waals surface area contributed by atoms with E-state index >= 15 is 0 Å². The van der Waals surface area contributed by atoms with Gasteiger partial charge in [0.15, 0.2) is 0 Å². The number of benzene rings is 2. The van der Waals surface area contributed by atoms with Crippen LogP contribution in [0.1, 0.15) is 64.4 Å². The van der Waals surface area contributed by atoms with Crippen LogP contribution in [0.25, 0.3) is 5.69 Å². The number of fused-ring (bicyclic) bond motifs is 1. The summed E-state index contributed by atoms with van der Waals surface area (Å²) in [4.78, 5) is 64.6. The number of anilines is 3. The average molecular weight is 1010 g/mol. The lowest BCUT2D eigenvalue weighted by atomic mass is 10.0. The zero-order chi connectivity index (χ0) is 48.9. The minimum absolute atomic E-state index is 0.0223. The Morgan fingerprint density at radius 3 is 2.32 bits per heavy atom. The number of rotatable bonds is 17. The summed E-state index contributed by atoms with van der Waals surface area (Å²) >= 11 is 23.8. The molecule has 0 aliphatic carbocycles. The van der Waals surface area contributed by atoms with Crippen molar-refractivity contribution in [1.29, 1.82) is 0 Å². The standard InChI is InChI=1S/C15H13Cl2N3O2.C15H22ClNO2.C8H14ClN5.C3H8NO5P/c1-2-7-22-13-9-12(10(16)8-11(13)17)20-15(21)19-6-4-3-5-14(19)18-20;1-5-13-8-6-7-11(2)15(13)17(14(18)9-16)12(3)10-19-4;1-4-10-7-12-6(9)13-8(14-7)11-5(2)3;5-3(6)1-4-2-10(7,8)9/h1,8-9H,3-7H2;6-8,12H,5,9-10H2,1-4H3;5H,4H2,1-3H3,(H2,10,11,12,13,14);4H,1-2H2,(H,5,6)(H2,7,8,9). The molecule has 1 aliphatic heterocycles. The minimum Gasteiger partial charge on any atom is -0.480 e. The van der Waals surface area contributed by atoms with Crippen molar-refractivity contribution in [2.24, 2.45) is 0 Å². The third kappa shape index (κ3) is 19.1. The van der Waals surface area contributed by atoms with E-state index in [9.17, 15) is 18.9 Å². The van der Waals surface area contributed by atoms with Crippen LogP contribution < -0.4 is 31.3 Å². The maximum atomic E-state index is 12.5. The van der Waals surface area contributed by atoms with Crippen LogP contribution >= 0.6 is 54.0 Å². The van der Waals surface area contributed by atoms with Crippen molar-refractivity contribution >= 4 is 83.5 Å².